The maximum Gasteiger partial charge on any atom is 0.359 e. The van der Waals surface area contributed by atoms with Crippen LogP contribution >= 0.6 is 0 Å². The minimum Gasteiger partial charge on any atom is -0.423 e. The lowest BCUT2D eigenvalue weighted by atomic mass is 10.1. The van der Waals surface area contributed by atoms with Gasteiger partial charge in [-0.15, -0.1) is 0 Å². The first-order valence-corrected chi connectivity index (χ1v) is 8.32. The van der Waals surface area contributed by atoms with Gasteiger partial charge in [-0.1, -0.05) is 18.2 Å². The smallest absolute Gasteiger partial charge is 0.359 e. The van der Waals surface area contributed by atoms with Crippen molar-refractivity contribution in [2.24, 2.45) is 5.10 Å². The fourth-order valence-corrected chi connectivity index (χ4v) is 2.74. The van der Waals surface area contributed by atoms with Crippen LogP contribution in [0.15, 0.2) is 75.0 Å². The molecule has 0 N–H and O–H groups in total. The topological polar surface area (TPSA) is 89.2 Å². The monoisotopic (exact) mass is 362 g/mol. The number of carbonyl (C=O) groups excluding carboxylic acids is 2. The first-order valence-electron chi connectivity index (χ1n) is 8.32. The number of nitrogens with zero attached hydrogens (tertiary/aromatic N) is 2. The number of rotatable bonds is 3. The normalized spacial score (nSPS) is 14.1. The van der Waals surface area contributed by atoms with Crippen LogP contribution in [0, 0.1) is 0 Å². The molecule has 2 aromatic carbocycles. The van der Waals surface area contributed by atoms with Crippen molar-refractivity contribution >= 4 is 34.2 Å². The summed E-state index contributed by atoms with van der Waals surface area (Å²) in [5, 5.41) is 6.08. The van der Waals surface area contributed by atoms with Crippen LogP contribution in [0.5, 0.6) is 5.75 Å². The number of anilines is 1. The highest BCUT2D eigenvalue weighted by atomic mass is 16.5. The zero-order chi connectivity index (χ0) is 18.8. The van der Waals surface area contributed by atoms with E-state index in [1.54, 1.807) is 42.5 Å². The van der Waals surface area contributed by atoms with Gasteiger partial charge in [-0.25, -0.2) is 14.6 Å². The van der Waals surface area contributed by atoms with Crippen molar-refractivity contribution in [3.63, 3.8) is 0 Å². The summed E-state index contributed by atoms with van der Waals surface area (Å²) in [6.45, 7) is 0. The Morgan fingerprint density at radius 3 is 2.59 bits per heavy atom. The number of esters is 1. The highest BCUT2D eigenvalue weighted by Gasteiger charge is 2.26. The summed E-state index contributed by atoms with van der Waals surface area (Å²) in [7, 11) is 0. The van der Waals surface area contributed by atoms with Gasteiger partial charge in [-0.3, -0.25) is 4.79 Å². The summed E-state index contributed by atoms with van der Waals surface area (Å²) >= 11 is 0. The molecule has 1 aliphatic rings. The lowest BCUT2D eigenvalue weighted by Gasteiger charge is -2.22. The van der Waals surface area contributed by atoms with Crippen LogP contribution < -0.4 is 15.4 Å². The lowest BCUT2D eigenvalue weighted by Crippen LogP contribution is -2.35. The zero-order valence-electron chi connectivity index (χ0n) is 14.1. The SMILES string of the molecule is O=C(Oc1ccc2ccc(=O)oc2c1)C1=NN(c2ccccc2)C(=O)CC1. The second-order valence-electron chi connectivity index (χ2n) is 5.93. The number of amides is 1. The molecule has 27 heavy (non-hydrogen) atoms. The maximum atomic E-state index is 12.5. The fraction of sp³-hybridized carbons (Fsp3) is 0.100. The molecule has 0 saturated carbocycles. The van der Waals surface area contributed by atoms with Gasteiger partial charge in [0.25, 0.3) is 0 Å². The molecule has 0 unspecified atom stereocenters. The zero-order valence-corrected chi connectivity index (χ0v) is 14.1. The van der Waals surface area contributed by atoms with E-state index < -0.39 is 11.6 Å². The summed E-state index contributed by atoms with van der Waals surface area (Å²) in [5.74, 6) is -0.612. The molecule has 0 spiro atoms. The average Bonchev–Trinajstić information content (AvgIpc) is 2.68. The molecular formula is C20H14N2O5. The van der Waals surface area contributed by atoms with Crippen LogP contribution in [0.2, 0.25) is 0 Å². The van der Waals surface area contributed by atoms with Crippen molar-refractivity contribution in [1.29, 1.82) is 0 Å². The highest BCUT2D eigenvalue weighted by Crippen LogP contribution is 2.22. The van der Waals surface area contributed by atoms with E-state index in [-0.39, 0.29) is 30.2 Å². The second-order valence-corrected chi connectivity index (χ2v) is 5.93. The van der Waals surface area contributed by atoms with Crippen LogP contribution in [0.3, 0.4) is 0 Å². The predicted molar refractivity (Wildman–Crippen MR) is 98.7 cm³/mol. The van der Waals surface area contributed by atoms with Gasteiger partial charge >= 0.3 is 11.6 Å². The molecule has 2 heterocycles. The number of benzene rings is 2. The molecule has 0 aliphatic carbocycles. The van der Waals surface area contributed by atoms with E-state index in [0.29, 0.717) is 16.7 Å². The Hall–Kier alpha value is -3.74. The summed E-state index contributed by atoms with van der Waals surface area (Å²) in [6.07, 6.45) is 0.360. The van der Waals surface area contributed by atoms with Gasteiger partial charge in [0, 0.05) is 30.4 Å². The minimum atomic E-state index is -0.652. The lowest BCUT2D eigenvalue weighted by molar-refractivity contribution is -0.127. The molecule has 0 radical (unpaired) electrons. The van der Waals surface area contributed by atoms with E-state index >= 15 is 0 Å². The Morgan fingerprint density at radius 2 is 1.78 bits per heavy atom. The Morgan fingerprint density at radius 1 is 1.00 bits per heavy atom. The van der Waals surface area contributed by atoms with E-state index in [9.17, 15) is 14.4 Å². The van der Waals surface area contributed by atoms with E-state index in [2.05, 4.69) is 5.10 Å². The van der Waals surface area contributed by atoms with Crippen LogP contribution in [-0.2, 0) is 9.59 Å². The molecule has 1 aliphatic heterocycles. The number of carbonyl (C=O) groups is 2. The van der Waals surface area contributed by atoms with Crippen molar-refractivity contribution in [1.82, 2.24) is 0 Å². The average molecular weight is 362 g/mol. The van der Waals surface area contributed by atoms with Crippen molar-refractivity contribution in [3.05, 3.63) is 71.1 Å². The molecule has 134 valence electrons. The fourth-order valence-electron chi connectivity index (χ4n) is 2.74. The van der Waals surface area contributed by atoms with Crippen LogP contribution in [0.4, 0.5) is 5.69 Å². The van der Waals surface area contributed by atoms with Gasteiger partial charge in [0.15, 0.2) is 0 Å². The third-order valence-electron chi connectivity index (χ3n) is 4.07. The Balaban J connectivity index is 1.59. The van der Waals surface area contributed by atoms with Crippen LogP contribution in [0.1, 0.15) is 12.8 Å². The number of hydrazone groups is 1. The van der Waals surface area contributed by atoms with Crippen molar-refractivity contribution in [3.8, 4) is 5.75 Å². The van der Waals surface area contributed by atoms with Crippen molar-refractivity contribution in [2.75, 3.05) is 5.01 Å². The van der Waals surface area contributed by atoms with Crippen LogP contribution in [0.25, 0.3) is 11.0 Å². The summed E-state index contributed by atoms with van der Waals surface area (Å²) in [5.41, 5.74) is 0.562. The molecule has 7 heteroatoms. The molecule has 0 fully saturated rings. The number of hydrogen-bond acceptors (Lipinski definition) is 6. The third kappa shape index (κ3) is 3.48. The number of hydrogen-bond donors (Lipinski definition) is 0. The van der Waals surface area contributed by atoms with E-state index in [0.717, 1.165) is 0 Å². The summed E-state index contributed by atoms with van der Waals surface area (Å²) in [4.78, 5) is 35.9. The predicted octanol–water partition coefficient (Wildman–Crippen LogP) is 2.88. The first kappa shape index (κ1) is 16.7. The first-order chi connectivity index (χ1) is 13.1. The van der Waals surface area contributed by atoms with Crippen molar-refractivity contribution in [2.45, 2.75) is 12.8 Å². The number of fused-ring (bicyclic) bond motifs is 1. The molecule has 4 rings (SSSR count). The van der Waals surface area contributed by atoms with E-state index in [1.165, 1.54) is 17.1 Å². The maximum absolute atomic E-state index is 12.5. The van der Waals surface area contributed by atoms with Gasteiger partial charge in [0.1, 0.15) is 17.0 Å². The number of ether oxygens (including phenoxy) is 1. The Kier molecular flexibility index (Phi) is 4.25. The second kappa shape index (κ2) is 6.87. The quantitative estimate of drug-likeness (QED) is 0.406. The van der Waals surface area contributed by atoms with Gasteiger partial charge in [-0.2, -0.15) is 5.10 Å². The van der Waals surface area contributed by atoms with Gasteiger partial charge in [0.2, 0.25) is 5.91 Å². The van der Waals surface area contributed by atoms with E-state index in [4.69, 9.17) is 9.15 Å². The van der Waals surface area contributed by atoms with Crippen LogP contribution in [-0.4, -0.2) is 17.6 Å². The Bertz CT molecular complexity index is 1120. The molecule has 1 amide bonds. The standard InChI is InChI=1S/C20H14N2O5/c23-18-10-9-16(21-22(18)14-4-2-1-3-5-14)20(25)26-15-8-6-13-7-11-19(24)27-17(13)12-15/h1-8,11-12H,9-10H2. The highest BCUT2D eigenvalue weighted by molar-refractivity contribution is 6.38. The largest absolute Gasteiger partial charge is 0.423 e. The minimum absolute atomic E-state index is 0.146. The molecule has 1 aromatic heterocycles. The number of para-hydroxylation sites is 1. The molecule has 7 nitrogen and oxygen atoms in total. The van der Waals surface area contributed by atoms with Crippen molar-refractivity contribution < 1.29 is 18.7 Å². The molecule has 0 saturated heterocycles. The van der Waals surface area contributed by atoms with Gasteiger partial charge < -0.3 is 9.15 Å². The molecule has 0 bridgehead atoms. The van der Waals surface area contributed by atoms with E-state index in [1.807, 2.05) is 6.07 Å². The molecular weight excluding hydrogens is 348 g/mol. The summed E-state index contributed by atoms with van der Waals surface area (Å²) in [6, 6.07) is 16.6. The molecule has 3 aromatic rings. The third-order valence-corrected chi connectivity index (χ3v) is 4.07. The van der Waals surface area contributed by atoms with Gasteiger partial charge in [0.05, 0.1) is 5.69 Å². The summed E-state index contributed by atoms with van der Waals surface area (Å²) < 4.78 is 10.4. The molecule has 0 atom stereocenters. The van der Waals surface area contributed by atoms with Gasteiger partial charge in [-0.05, 0) is 30.3 Å². The Labute approximate surface area is 153 Å².